The number of aryl methyl sites for hydroxylation is 2. The normalized spacial score (nSPS) is 22.9. The van der Waals surface area contributed by atoms with E-state index < -0.39 is 0 Å². The Morgan fingerprint density at radius 3 is 3.05 bits per heavy atom. The quantitative estimate of drug-likeness (QED) is 0.879. The van der Waals surface area contributed by atoms with Crippen molar-refractivity contribution in [2.24, 2.45) is 0 Å². The van der Waals surface area contributed by atoms with Crippen molar-refractivity contribution in [2.75, 3.05) is 45.2 Å². The van der Waals surface area contributed by atoms with Crippen LogP contribution in [0.15, 0.2) is 6.20 Å². The predicted molar refractivity (Wildman–Crippen MR) is 81.2 cm³/mol. The lowest BCUT2D eigenvalue weighted by Crippen LogP contribution is -2.54. The van der Waals surface area contributed by atoms with E-state index in [0.717, 1.165) is 45.0 Å². The second-order valence-corrected chi connectivity index (χ2v) is 6.21. The van der Waals surface area contributed by atoms with E-state index in [1.54, 1.807) is 0 Å². The molecule has 2 heterocycles. The van der Waals surface area contributed by atoms with Crippen molar-refractivity contribution in [1.29, 1.82) is 0 Å². The molecule has 3 rings (SSSR count). The molecule has 1 fully saturated rings. The Morgan fingerprint density at radius 1 is 1.35 bits per heavy atom. The minimum Gasteiger partial charge on any atom is -0.338 e. The summed E-state index contributed by atoms with van der Waals surface area (Å²) in [4.78, 5) is 14.0. The Balaban J connectivity index is 1.71. The van der Waals surface area contributed by atoms with Crippen molar-refractivity contribution in [2.45, 2.75) is 31.7 Å². The standard InChI is InChI=1S/C15H25N5/c1-19(2)10-13-11-20(8-7-16-13)15-17-9-12-5-3-4-6-14(12)18-15/h9,13,16H,3-8,10-11H2,1-2H3/t13-/m1/s1. The highest BCUT2D eigenvalue weighted by Crippen LogP contribution is 2.21. The fourth-order valence-electron chi connectivity index (χ4n) is 3.19. The molecule has 1 N–H and O–H groups in total. The Morgan fingerprint density at radius 2 is 2.20 bits per heavy atom. The summed E-state index contributed by atoms with van der Waals surface area (Å²) in [6.45, 7) is 4.07. The highest BCUT2D eigenvalue weighted by molar-refractivity contribution is 5.35. The maximum Gasteiger partial charge on any atom is 0.225 e. The Kier molecular flexibility index (Phi) is 4.17. The van der Waals surface area contributed by atoms with E-state index in [2.05, 4.69) is 40.4 Å². The molecular weight excluding hydrogens is 250 g/mol. The van der Waals surface area contributed by atoms with Gasteiger partial charge in [0.15, 0.2) is 0 Å². The molecule has 0 radical (unpaired) electrons. The van der Waals surface area contributed by atoms with Crippen LogP contribution in [0.5, 0.6) is 0 Å². The number of nitrogens with zero attached hydrogens (tertiary/aromatic N) is 4. The van der Waals surface area contributed by atoms with Crippen LogP contribution >= 0.6 is 0 Å². The zero-order chi connectivity index (χ0) is 13.9. The lowest BCUT2D eigenvalue weighted by molar-refractivity contribution is 0.322. The van der Waals surface area contributed by atoms with Gasteiger partial charge in [0, 0.05) is 44.1 Å². The average Bonchev–Trinajstić information content (AvgIpc) is 2.46. The van der Waals surface area contributed by atoms with E-state index >= 15 is 0 Å². The first-order valence-corrected chi connectivity index (χ1v) is 7.70. The van der Waals surface area contributed by atoms with Gasteiger partial charge in [-0.05, 0) is 45.3 Å². The first-order chi connectivity index (χ1) is 9.72. The van der Waals surface area contributed by atoms with Gasteiger partial charge in [-0.15, -0.1) is 0 Å². The molecule has 1 aliphatic carbocycles. The molecular formula is C15H25N5. The molecule has 110 valence electrons. The smallest absolute Gasteiger partial charge is 0.225 e. The summed E-state index contributed by atoms with van der Waals surface area (Å²) in [6.07, 6.45) is 6.89. The number of likely N-dealkylation sites (N-methyl/N-ethyl adjacent to an activating group) is 1. The fourth-order valence-corrected chi connectivity index (χ4v) is 3.19. The molecule has 1 saturated heterocycles. The summed E-state index contributed by atoms with van der Waals surface area (Å²) in [7, 11) is 4.24. The molecule has 1 aromatic rings. The Hall–Kier alpha value is -1.20. The van der Waals surface area contributed by atoms with Gasteiger partial charge in [-0.3, -0.25) is 0 Å². The second kappa shape index (κ2) is 6.06. The third kappa shape index (κ3) is 3.10. The monoisotopic (exact) mass is 275 g/mol. The molecule has 1 atom stereocenters. The number of hydrogen-bond acceptors (Lipinski definition) is 5. The minimum atomic E-state index is 0.499. The predicted octanol–water partition coefficient (Wildman–Crippen LogP) is 0.695. The molecule has 20 heavy (non-hydrogen) atoms. The summed E-state index contributed by atoms with van der Waals surface area (Å²) in [5.41, 5.74) is 2.64. The first-order valence-electron chi connectivity index (χ1n) is 7.70. The lowest BCUT2D eigenvalue weighted by Gasteiger charge is -2.35. The first kappa shape index (κ1) is 13.8. The van der Waals surface area contributed by atoms with E-state index in [0.29, 0.717) is 6.04 Å². The Bertz CT molecular complexity index is 460. The Labute approximate surface area is 121 Å². The number of nitrogens with one attached hydrogen (secondary N) is 1. The van der Waals surface area contributed by atoms with Crippen molar-refractivity contribution >= 4 is 5.95 Å². The van der Waals surface area contributed by atoms with Gasteiger partial charge in [0.1, 0.15) is 0 Å². The zero-order valence-corrected chi connectivity index (χ0v) is 12.6. The van der Waals surface area contributed by atoms with Crippen LogP contribution in [0.3, 0.4) is 0 Å². The molecule has 2 aliphatic rings. The van der Waals surface area contributed by atoms with Crippen LogP contribution in [0.4, 0.5) is 5.95 Å². The van der Waals surface area contributed by atoms with E-state index in [9.17, 15) is 0 Å². The van der Waals surface area contributed by atoms with Crippen LogP contribution in [-0.4, -0.2) is 61.2 Å². The second-order valence-electron chi connectivity index (χ2n) is 6.21. The summed E-state index contributed by atoms with van der Waals surface area (Å²) in [5.74, 6) is 0.927. The number of hydrogen-bond donors (Lipinski definition) is 1. The van der Waals surface area contributed by atoms with Crippen LogP contribution in [0.25, 0.3) is 0 Å². The van der Waals surface area contributed by atoms with Crippen molar-refractivity contribution in [3.63, 3.8) is 0 Å². The summed E-state index contributed by atoms with van der Waals surface area (Å²) in [5, 5.41) is 3.57. The van der Waals surface area contributed by atoms with E-state index in [1.165, 1.54) is 24.1 Å². The SMILES string of the molecule is CN(C)C[C@@H]1CN(c2ncc3c(n2)CCCC3)CCN1. The molecule has 0 aromatic carbocycles. The molecule has 1 aliphatic heterocycles. The van der Waals surface area contributed by atoms with Crippen LogP contribution in [0.1, 0.15) is 24.1 Å². The highest BCUT2D eigenvalue weighted by atomic mass is 15.3. The van der Waals surface area contributed by atoms with Crippen LogP contribution in [0.2, 0.25) is 0 Å². The van der Waals surface area contributed by atoms with Crippen molar-refractivity contribution in [1.82, 2.24) is 20.2 Å². The van der Waals surface area contributed by atoms with E-state index in [-0.39, 0.29) is 0 Å². The number of rotatable bonds is 3. The maximum absolute atomic E-state index is 4.82. The van der Waals surface area contributed by atoms with Gasteiger partial charge < -0.3 is 15.1 Å². The van der Waals surface area contributed by atoms with Crippen molar-refractivity contribution < 1.29 is 0 Å². The molecule has 0 amide bonds. The molecule has 0 spiro atoms. The van der Waals surface area contributed by atoms with Gasteiger partial charge in [0.05, 0.1) is 0 Å². The van der Waals surface area contributed by atoms with E-state index in [4.69, 9.17) is 4.98 Å². The maximum atomic E-state index is 4.82. The largest absolute Gasteiger partial charge is 0.338 e. The van der Waals surface area contributed by atoms with Crippen LogP contribution in [0, 0.1) is 0 Å². The highest BCUT2D eigenvalue weighted by Gasteiger charge is 2.22. The molecule has 0 saturated carbocycles. The number of piperazine rings is 1. The zero-order valence-electron chi connectivity index (χ0n) is 12.6. The average molecular weight is 275 g/mol. The third-order valence-electron chi connectivity index (χ3n) is 4.18. The van der Waals surface area contributed by atoms with Gasteiger partial charge in [-0.2, -0.15) is 0 Å². The third-order valence-corrected chi connectivity index (χ3v) is 4.18. The molecule has 1 aromatic heterocycles. The van der Waals surface area contributed by atoms with Gasteiger partial charge in [-0.1, -0.05) is 0 Å². The van der Waals surface area contributed by atoms with Crippen molar-refractivity contribution in [3.05, 3.63) is 17.5 Å². The van der Waals surface area contributed by atoms with Crippen LogP contribution in [-0.2, 0) is 12.8 Å². The molecule has 5 nitrogen and oxygen atoms in total. The topological polar surface area (TPSA) is 44.3 Å². The summed E-state index contributed by atoms with van der Waals surface area (Å²) >= 11 is 0. The number of anilines is 1. The van der Waals surface area contributed by atoms with Crippen molar-refractivity contribution in [3.8, 4) is 0 Å². The summed E-state index contributed by atoms with van der Waals surface area (Å²) < 4.78 is 0. The molecule has 0 unspecified atom stereocenters. The van der Waals surface area contributed by atoms with Gasteiger partial charge >= 0.3 is 0 Å². The van der Waals surface area contributed by atoms with E-state index in [1.807, 2.05) is 0 Å². The van der Waals surface area contributed by atoms with Gasteiger partial charge in [0.25, 0.3) is 0 Å². The molecule has 0 bridgehead atoms. The summed E-state index contributed by atoms with van der Waals surface area (Å²) in [6, 6.07) is 0.499. The van der Waals surface area contributed by atoms with Gasteiger partial charge in [0.2, 0.25) is 5.95 Å². The number of aromatic nitrogens is 2. The number of fused-ring (bicyclic) bond motifs is 1. The van der Waals surface area contributed by atoms with Crippen LogP contribution < -0.4 is 10.2 Å². The van der Waals surface area contributed by atoms with Gasteiger partial charge in [-0.25, -0.2) is 9.97 Å². The molecule has 5 heteroatoms. The fraction of sp³-hybridized carbons (Fsp3) is 0.733. The minimum absolute atomic E-state index is 0.499. The lowest BCUT2D eigenvalue weighted by atomic mass is 9.98.